The Labute approximate surface area is 112 Å². The summed E-state index contributed by atoms with van der Waals surface area (Å²) in [5.41, 5.74) is 2.53. The van der Waals surface area contributed by atoms with Crippen LogP contribution in [0.1, 0.15) is 44.2 Å². The molecule has 2 heteroatoms. The summed E-state index contributed by atoms with van der Waals surface area (Å²) in [6.07, 6.45) is 3.47. The molecule has 2 nitrogen and oxygen atoms in total. The van der Waals surface area contributed by atoms with Gasteiger partial charge in [0.05, 0.1) is 6.61 Å². The lowest BCUT2D eigenvalue weighted by Gasteiger charge is -2.13. The van der Waals surface area contributed by atoms with Crippen molar-refractivity contribution in [3.63, 3.8) is 0 Å². The highest BCUT2D eigenvalue weighted by Gasteiger charge is 2.01. The van der Waals surface area contributed by atoms with Crippen LogP contribution in [0.2, 0.25) is 0 Å². The maximum atomic E-state index is 5.79. The smallest absolute Gasteiger partial charge is 0.119 e. The standard InChI is InChI=1S/C16H27NO/c1-5-8-17-15(4)7-6-9-18-16-11-13(2)10-14(3)12-16/h10-12,15,17H,5-9H2,1-4H3. The fourth-order valence-electron chi connectivity index (χ4n) is 2.09. The lowest BCUT2D eigenvalue weighted by Crippen LogP contribution is -2.26. The van der Waals surface area contributed by atoms with Crippen LogP contribution in [0, 0.1) is 13.8 Å². The quantitative estimate of drug-likeness (QED) is 0.707. The van der Waals surface area contributed by atoms with Crippen molar-refractivity contribution in [2.45, 2.75) is 53.0 Å². The summed E-state index contributed by atoms with van der Waals surface area (Å²) in [7, 11) is 0. The zero-order valence-corrected chi connectivity index (χ0v) is 12.3. The molecular formula is C16H27NO. The Hall–Kier alpha value is -1.02. The van der Waals surface area contributed by atoms with Crippen molar-refractivity contribution in [3.05, 3.63) is 29.3 Å². The number of ether oxygens (including phenoxy) is 1. The van der Waals surface area contributed by atoms with Crippen LogP contribution in [-0.2, 0) is 0 Å². The Morgan fingerprint density at radius 2 is 1.83 bits per heavy atom. The van der Waals surface area contributed by atoms with Crippen molar-refractivity contribution in [2.24, 2.45) is 0 Å². The van der Waals surface area contributed by atoms with Gasteiger partial charge < -0.3 is 10.1 Å². The topological polar surface area (TPSA) is 21.3 Å². The lowest BCUT2D eigenvalue weighted by molar-refractivity contribution is 0.297. The molecule has 0 bridgehead atoms. The summed E-state index contributed by atoms with van der Waals surface area (Å²) < 4.78 is 5.79. The van der Waals surface area contributed by atoms with E-state index in [9.17, 15) is 0 Å². The third-order valence-electron chi connectivity index (χ3n) is 2.99. The second-order valence-electron chi connectivity index (χ2n) is 5.17. The SMILES string of the molecule is CCCNC(C)CCCOc1cc(C)cc(C)c1. The summed E-state index contributed by atoms with van der Waals surface area (Å²) in [6, 6.07) is 6.97. The van der Waals surface area contributed by atoms with Crippen LogP contribution < -0.4 is 10.1 Å². The number of hydrogen-bond donors (Lipinski definition) is 1. The first-order valence-electron chi connectivity index (χ1n) is 7.06. The van der Waals surface area contributed by atoms with Crippen molar-refractivity contribution in [3.8, 4) is 5.75 Å². The second kappa shape index (κ2) is 8.15. The molecule has 0 aliphatic heterocycles. The van der Waals surface area contributed by atoms with E-state index in [4.69, 9.17) is 4.74 Å². The molecule has 18 heavy (non-hydrogen) atoms. The Morgan fingerprint density at radius 3 is 2.44 bits per heavy atom. The monoisotopic (exact) mass is 249 g/mol. The highest BCUT2D eigenvalue weighted by molar-refractivity contribution is 5.32. The predicted octanol–water partition coefficient (Wildman–Crippen LogP) is 3.85. The van der Waals surface area contributed by atoms with Crippen molar-refractivity contribution in [1.29, 1.82) is 0 Å². The average molecular weight is 249 g/mol. The molecule has 0 saturated carbocycles. The van der Waals surface area contributed by atoms with E-state index in [-0.39, 0.29) is 0 Å². The highest BCUT2D eigenvalue weighted by atomic mass is 16.5. The zero-order chi connectivity index (χ0) is 13.4. The van der Waals surface area contributed by atoms with Crippen molar-refractivity contribution < 1.29 is 4.74 Å². The minimum atomic E-state index is 0.591. The third-order valence-corrected chi connectivity index (χ3v) is 2.99. The molecule has 0 spiro atoms. The molecule has 1 aromatic rings. The molecule has 1 aromatic carbocycles. The second-order valence-corrected chi connectivity index (χ2v) is 5.17. The Bertz CT molecular complexity index is 329. The molecule has 0 radical (unpaired) electrons. The van der Waals surface area contributed by atoms with Gasteiger partial charge in [0, 0.05) is 6.04 Å². The molecule has 1 rings (SSSR count). The van der Waals surface area contributed by atoms with Gasteiger partial charge in [0.2, 0.25) is 0 Å². The Kier molecular flexibility index (Phi) is 6.81. The van der Waals surface area contributed by atoms with Crippen LogP contribution in [0.5, 0.6) is 5.75 Å². The minimum absolute atomic E-state index is 0.591. The molecule has 0 amide bonds. The molecule has 0 aliphatic rings. The van der Waals surface area contributed by atoms with E-state index in [0.717, 1.165) is 25.3 Å². The first kappa shape index (κ1) is 15.0. The first-order chi connectivity index (χ1) is 8.61. The minimum Gasteiger partial charge on any atom is -0.494 e. The molecule has 0 heterocycles. The van der Waals surface area contributed by atoms with Crippen LogP contribution in [-0.4, -0.2) is 19.2 Å². The molecule has 102 valence electrons. The van der Waals surface area contributed by atoms with Gasteiger partial charge in [-0.05, 0) is 69.8 Å². The van der Waals surface area contributed by atoms with E-state index in [1.54, 1.807) is 0 Å². The van der Waals surface area contributed by atoms with Crippen LogP contribution in [0.15, 0.2) is 18.2 Å². The van der Waals surface area contributed by atoms with Gasteiger partial charge in [-0.15, -0.1) is 0 Å². The molecule has 0 aliphatic carbocycles. The average Bonchev–Trinajstić information content (AvgIpc) is 2.31. The number of benzene rings is 1. The predicted molar refractivity (Wildman–Crippen MR) is 78.4 cm³/mol. The largest absolute Gasteiger partial charge is 0.494 e. The van der Waals surface area contributed by atoms with E-state index in [0.29, 0.717) is 6.04 Å². The molecule has 1 N–H and O–H groups in total. The molecule has 0 fully saturated rings. The van der Waals surface area contributed by atoms with Gasteiger partial charge in [-0.1, -0.05) is 13.0 Å². The molecule has 0 aromatic heterocycles. The normalized spacial score (nSPS) is 12.4. The number of aryl methyl sites for hydroxylation is 2. The number of rotatable bonds is 8. The van der Waals surface area contributed by atoms with Crippen LogP contribution in [0.25, 0.3) is 0 Å². The fourth-order valence-corrected chi connectivity index (χ4v) is 2.09. The van der Waals surface area contributed by atoms with Gasteiger partial charge in [-0.3, -0.25) is 0 Å². The Morgan fingerprint density at radius 1 is 1.17 bits per heavy atom. The molecule has 1 atom stereocenters. The molecule has 1 unspecified atom stereocenters. The highest BCUT2D eigenvalue weighted by Crippen LogP contribution is 2.16. The van der Waals surface area contributed by atoms with E-state index >= 15 is 0 Å². The van der Waals surface area contributed by atoms with Gasteiger partial charge in [0.1, 0.15) is 5.75 Å². The van der Waals surface area contributed by atoms with Gasteiger partial charge in [0.25, 0.3) is 0 Å². The van der Waals surface area contributed by atoms with E-state index in [1.807, 2.05) is 0 Å². The maximum Gasteiger partial charge on any atom is 0.119 e. The van der Waals surface area contributed by atoms with Gasteiger partial charge in [-0.25, -0.2) is 0 Å². The van der Waals surface area contributed by atoms with Crippen LogP contribution >= 0.6 is 0 Å². The van der Waals surface area contributed by atoms with E-state index in [1.165, 1.54) is 24.0 Å². The van der Waals surface area contributed by atoms with Crippen LogP contribution in [0.4, 0.5) is 0 Å². The number of nitrogens with one attached hydrogen (secondary N) is 1. The summed E-state index contributed by atoms with van der Waals surface area (Å²) in [6.45, 7) is 10.6. The Balaban J connectivity index is 2.21. The van der Waals surface area contributed by atoms with Gasteiger partial charge in [-0.2, -0.15) is 0 Å². The summed E-state index contributed by atoms with van der Waals surface area (Å²) in [5, 5.41) is 3.49. The van der Waals surface area contributed by atoms with Crippen molar-refractivity contribution in [1.82, 2.24) is 5.32 Å². The maximum absolute atomic E-state index is 5.79. The van der Waals surface area contributed by atoms with Gasteiger partial charge in [0.15, 0.2) is 0 Å². The number of hydrogen-bond acceptors (Lipinski definition) is 2. The summed E-state index contributed by atoms with van der Waals surface area (Å²) in [4.78, 5) is 0. The summed E-state index contributed by atoms with van der Waals surface area (Å²) in [5.74, 6) is 1.00. The molecular weight excluding hydrogens is 222 g/mol. The lowest BCUT2D eigenvalue weighted by atomic mass is 10.1. The van der Waals surface area contributed by atoms with E-state index in [2.05, 4.69) is 51.2 Å². The summed E-state index contributed by atoms with van der Waals surface area (Å²) >= 11 is 0. The van der Waals surface area contributed by atoms with Crippen LogP contribution in [0.3, 0.4) is 0 Å². The van der Waals surface area contributed by atoms with E-state index < -0.39 is 0 Å². The fraction of sp³-hybridized carbons (Fsp3) is 0.625. The molecule has 0 saturated heterocycles. The van der Waals surface area contributed by atoms with Gasteiger partial charge >= 0.3 is 0 Å². The zero-order valence-electron chi connectivity index (χ0n) is 12.3. The van der Waals surface area contributed by atoms with Crippen molar-refractivity contribution in [2.75, 3.05) is 13.2 Å². The van der Waals surface area contributed by atoms with Crippen molar-refractivity contribution >= 4 is 0 Å². The third kappa shape index (κ3) is 6.06. The first-order valence-corrected chi connectivity index (χ1v) is 7.06.